The molecule has 2 fully saturated rings. The molecule has 0 atom stereocenters. The average Bonchev–Trinajstić information content (AvgIpc) is 3.14. The van der Waals surface area contributed by atoms with Gasteiger partial charge in [0.05, 0.1) is 13.1 Å². The molecule has 1 aromatic heterocycles. The number of rotatable bonds is 6. The number of piperazine rings is 1. The number of likely N-dealkylation sites (N-methyl/N-ethyl adjacent to an activating group) is 1. The third-order valence-electron chi connectivity index (χ3n) is 5.85. The lowest BCUT2D eigenvalue weighted by Gasteiger charge is -2.37. The predicted molar refractivity (Wildman–Crippen MR) is 141 cm³/mol. The third kappa shape index (κ3) is 8.51. The van der Waals surface area contributed by atoms with Gasteiger partial charge in [-0.15, -0.1) is 35.3 Å². The van der Waals surface area contributed by atoms with Crippen LogP contribution in [-0.4, -0.2) is 104 Å². The summed E-state index contributed by atoms with van der Waals surface area (Å²) in [5.74, 6) is 1.01. The topological polar surface area (TPSA) is 71.5 Å². The maximum absolute atomic E-state index is 12.7. The van der Waals surface area contributed by atoms with Crippen molar-refractivity contribution in [2.75, 3.05) is 66.5 Å². The minimum Gasteiger partial charge on any atom is -0.351 e. The number of amides is 2. The molecular formula is C22H37IN6O2S. The van der Waals surface area contributed by atoms with Crippen LogP contribution in [0.5, 0.6) is 0 Å². The fraction of sp³-hybridized carbons (Fsp3) is 0.682. The van der Waals surface area contributed by atoms with Gasteiger partial charge in [0, 0.05) is 58.2 Å². The summed E-state index contributed by atoms with van der Waals surface area (Å²) in [5.41, 5.74) is 0. The summed E-state index contributed by atoms with van der Waals surface area (Å²) in [7, 11) is 3.49. The molecule has 0 spiro atoms. The Hall–Kier alpha value is -1.40. The van der Waals surface area contributed by atoms with Gasteiger partial charge in [-0.1, -0.05) is 18.9 Å². The summed E-state index contributed by atoms with van der Waals surface area (Å²) >= 11 is 1.70. The number of thiophene rings is 1. The van der Waals surface area contributed by atoms with Gasteiger partial charge in [0.15, 0.2) is 5.96 Å². The third-order valence-corrected chi connectivity index (χ3v) is 6.73. The van der Waals surface area contributed by atoms with E-state index in [0.29, 0.717) is 13.1 Å². The van der Waals surface area contributed by atoms with Crippen LogP contribution in [0.2, 0.25) is 0 Å². The summed E-state index contributed by atoms with van der Waals surface area (Å²) < 4.78 is 0. The summed E-state index contributed by atoms with van der Waals surface area (Å²) in [6.45, 7) is 6.36. The van der Waals surface area contributed by atoms with Crippen LogP contribution in [0.4, 0.5) is 0 Å². The maximum atomic E-state index is 12.7. The number of hydrogen-bond donors (Lipinski definition) is 1. The Labute approximate surface area is 213 Å². The minimum absolute atomic E-state index is 0. The summed E-state index contributed by atoms with van der Waals surface area (Å²) in [6, 6.07) is 4.13. The van der Waals surface area contributed by atoms with Crippen LogP contribution in [0.25, 0.3) is 0 Å². The van der Waals surface area contributed by atoms with Crippen LogP contribution in [0.15, 0.2) is 22.5 Å². The lowest BCUT2D eigenvalue weighted by Crippen LogP contribution is -2.54. The molecule has 10 heteroatoms. The Bertz CT molecular complexity index is 727. The van der Waals surface area contributed by atoms with E-state index in [4.69, 9.17) is 0 Å². The molecule has 180 valence electrons. The van der Waals surface area contributed by atoms with Crippen molar-refractivity contribution in [2.45, 2.75) is 32.2 Å². The van der Waals surface area contributed by atoms with Crippen molar-refractivity contribution in [1.29, 1.82) is 0 Å². The van der Waals surface area contributed by atoms with Gasteiger partial charge in [0.25, 0.3) is 0 Å². The van der Waals surface area contributed by atoms with E-state index in [1.54, 1.807) is 30.3 Å². The standard InChI is InChI=1S/C22H36N6O2S.HI/c1-25(2)20(29)17-24-22(23-16-19-8-7-15-31-19)28-13-11-26(12-14-28)18-21(30)27-9-5-3-4-6-10-27;/h7-8,15H,3-6,9-14,16-18H2,1-2H3,(H,23,24);1H. The van der Waals surface area contributed by atoms with Crippen molar-refractivity contribution in [3.8, 4) is 0 Å². The molecule has 2 aliphatic heterocycles. The number of aliphatic imine (C=N–C) groups is 1. The van der Waals surface area contributed by atoms with Crippen molar-refractivity contribution >= 4 is 53.1 Å². The molecule has 0 bridgehead atoms. The second kappa shape index (κ2) is 14.0. The van der Waals surface area contributed by atoms with Crippen LogP contribution in [0.1, 0.15) is 30.6 Å². The summed E-state index contributed by atoms with van der Waals surface area (Å²) in [5, 5.41) is 5.48. The highest BCUT2D eigenvalue weighted by atomic mass is 127. The minimum atomic E-state index is -0.0166. The number of likely N-dealkylation sites (tertiary alicyclic amines) is 1. The van der Waals surface area contributed by atoms with Gasteiger partial charge in [-0.2, -0.15) is 0 Å². The van der Waals surface area contributed by atoms with Crippen LogP contribution in [-0.2, 0) is 16.1 Å². The van der Waals surface area contributed by atoms with E-state index in [2.05, 4.69) is 31.6 Å². The molecule has 2 aliphatic rings. The molecule has 3 rings (SSSR count). The zero-order valence-corrected chi connectivity index (χ0v) is 22.4. The van der Waals surface area contributed by atoms with E-state index >= 15 is 0 Å². The van der Waals surface area contributed by atoms with Gasteiger partial charge in [-0.3, -0.25) is 14.5 Å². The molecule has 0 unspecified atom stereocenters. The van der Waals surface area contributed by atoms with Crippen LogP contribution >= 0.6 is 35.3 Å². The van der Waals surface area contributed by atoms with Crippen molar-refractivity contribution in [3.05, 3.63) is 22.4 Å². The Morgan fingerprint density at radius 2 is 1.72 bits per heavy atom. The van der Waals surface area contributed by atoms with Crippen molar-refractivity contribution < 1.29 is 9.59 Å². The van der Waals surface area contributed by atoms with E-state index in [9.17, 15) is 9.59 Å². The second-order valence-electron chi connectivity index (χ2n) is 8.42. The highest BCUT2D eigenvalue weighted by Gasteiger charge is 2.24. The molecule has 32 heavy (non-hydrogen) atoms. The molecule has 8 nitrogen and oxygen atoms in total. The van der Waals surface area contributed by atoms with Crippen molar-refractivity contribution in [2.24, 2.45) is 4.99 Å². The summed E-state index contributed by atoms with van der Waals surface area (Å²) in [6.07, 6.45) is 4.72. The first-order valence-corrected chi connectivity index (χ1v) is 12.2. The van der Waals surface area contributed by atoms with Crippen LogP contribution in [0, 0.1) is 0 Å². The van der Waals surface area contributed by atoms with E-state index in [1.165, 1.54) is 17.7 Å². The first-order valence-electron chi connectivity index (χ1n) is 11.3. The fourth-order valence-electron chi connectivity index (χ4n) is 3.86. The number of nitrogens with zero attached hydrogens (tertiary/aromatic N) is 5. The molecule has 1 N–H and O–H groups in total. The first kappa shape index (κ1) is 26.8. The molecule has 2 saturated heterocycles. The van der Waals surface area contributed by atoms with Crippen LogP contribution < -0.4 is 5.32 Å². The Balaban J connectivity index is 0.00000363. The van der Waals surface area contributed by atoms with Gasteiger partial charge < -0.3 is 20.0 Å². The van der Waals surface area contributed by atoms with E-state index in [-0.39, 0.29) is 42.3 Å². The Kier molecular flexibility index (Phi) is 11.7. The smallest absolute Gasteiger partial charge is 0.243 e. The highest BCUT2D eigenvalue weighted by Crippen LogP contribution is 2.12. The van der Waals surface area contributed by atoms with Crippen LogP contribution in [0.3, 0.4) is 0 Å². The molecule has 1 aromatic rings. The molecule has 0 saturated carbocycles. The van der Waals surface area contributed by atoms with Crippen molar-refractivity contribution in [1.82, 2.24) is 24.9 Å². The number of carbonyl (C=O) groups excluding carboxylic acids is 2. The Morgan fingerprint density at radius 3 is 2.31 bits per heavy atom. The zero-order valence-electron chi connectivity index (χ0n) is 19.3. The quantitative estimate of drug-likeness (QED) is 0.319. The molecule has 0 aliphatic carbocycles. The first-order chi connectivity index (χ1) is 15.0. The van der Waals surface area contributed by atoms with E-state index < -0.39 is 0 Å². The number of carbonyl (C=O) groups is 2. The largest absolute Gasteiger partial charge is 0.351 e. The lowest BCUT2D eigenvalue weighted by atomic mass is 10.2. The molecule has 0 radical (unpaired) electrons. The number of hydrogen-bond acceptors (Lipinski definition) is 5. The second-order valence-corrected chi connectivity index (χ2v) is 9.45. The SMILES string of the molecule is CN(C)C(=O)CN=C(NCc1cccs1)N1CCN(CC(=O)N2CCCCCC2)CC1.I. The molecule has 0 aromatic carbocycles. The normalized spacial score (nSPS) is 18.0. The van der Waals surface area contributed by atoms with Gasteiger partial charge in [0.1, 0.15) is 6.54 Å². The maximum Gasteiger partial charge on any atom is 0.243 e. The predicted octanol–water partition coefficient (Wildman–Crippen LogP) is 1.92. The average molecular weight is 577 g/mol. The Morgan fingerprint density at radius 1 is 1.03 bits per heavy atom. The van der Waals surface area contributed by atoms with E-state index in [0.717, 1.165) is 58.1 Å². The molecule has 2 amide bonds. The lowest BCUT2D eigenvalue weighted by molar-refractivity contribution is -0.132. The molecule has 3 heterocycles. The van der Waals surface area contributed by atoms with E-state index in [1.807, 2.05) is 11.0 Å². The number of nitrogens with one attached hydrogen (secondary N) is 1. The highest BCUT2D eigenvalue weighted by molar-refractivity contribution is 14.0. The van der Waals surface area contributed by atoms with Gasteiger partial charge in [0.2, 0.25) is 11.8 Å². The van der Waals surface area contributed by atoms with Crippen molar-refractivity contribution in [3.63, 3.8) is 0 Å². The van der Waals surface area contributed by atoms with Gasteiger partial charge in [-0.05, 0) is 24.3 Å². The van der Waals surface area contributed by atoms with Gasteiger partial charge >= 0.3 is 0 Å². The summed E-state index contributed by atoms with van der Waals surface area (Å²) in [4.78, 5) is 38.6. The zero-order chi connectivity index (χ0) is 22.1. The van der Waals surface area contributed by atoms with Gasteiger partial charge in [-0.25, -0.2) is 4.99 Å². The molecular weight excluding hydrogens is 539 g/mol. The number of guanidine groups is 1. The fourth-order valence-corrected chi connectivity index (χ4v) is 4.50. The number of halogens is 1. The monoisotopic (exact) mass is 576 g/mol.